The lowest BCUT2D eigenvalue weighted by Crippen LogP contribution is -2.59. The summed E-state index contributed by atoms with van der Waals surface area (Å²) in [6, 6.07) is 1.33. The van der Waals surface area contributed by atoms with Crippen molar-refractivity contribution in [1.82, 2.24) is 20.0 Å². The molecule has 0 aromatic carbocycles. The van der Waals surface area contributed by atoms with Crippen molar-refractivity contribution in [3.63, 3.8) is 0 Å². The molecule has 7 heteroatoms. The number of nitrogens with one attached hydrogen (secondary N) is 1. The van der Waals surface area contributed by atoms with E-state index in [2.05, 4.69) is 22.0 Å². The van der Waals surface area contributed by atoms with Gasteiger partial charge in [0.15, 0.2) is 0 Å². The Hall–Kier alpha value is -1.50. The minimum atomic E-state index is -0.446. The van der Waals surface area contributed by atoms with Crippen LogP contribution in [-0.4, -0.2) is 82.3 Å². The Morgan fingerprint density at radius 2 is 1.67 bits per heavy atom. The van der Waals surface area contributed by atoms with E-state index in [9.17, 15) is 9.59 Å². The molecule has 0 radical (unpaired) electrons. The molecule has 1 saturated carbocycles. The molecule has 1 N–H and O–H groups in total. The second-order valence-corrected chi connectivity index (χ2v) is 11.0. The summed E-state index contributed by atoms with van der Waals surface area (Å²) < 4.78 is 5.55. The van der Waals surface area contributed by atoms with Gasteiger partial charge >= 0.3 is 12.1 Å². The van der Waals surface area contributed by atoms with E-state index in [-0.39, 0.29) is 17.7 Å². The summed E-state index contributed by atoms with van der Waals surface area (Å²) in [5.41, 5.74) is -0.316. The van der Waals surface area contributed by atoms with Gasteiger partial charge in [-0.25, -0.2) is 9.59 Å². The van der Waals surface area contributed by atoms with E-state index in [0.29, 0.717) is 18.1 Å². The quantitative estimate of drug-likeness (QED) is 0.742. The van der Waals surface area contributed by atoms with E-state index < -0.39 is 5.60 Å². The predicted molar refractivity (Wildman–Crippen MR) is 116 cm³/mol. The highest BCUT2D eigenvalue weighted by Gasteiger charge is 2.46. The van der Waals surface area contributed by atoms with Crippen LogP contribution in [0.3, 0.4) is 0 Å². The minimum absolute atomic E-state index is 0.129. The van der Waals surface area contributed by atoms with Crippen LogP contribution in [0.25, 0.3) is 0 Å². The zero-order chi connectivity index (χ0) is 21.5. The van der Waals surface area contributed by atoms with Crippen LogP contribution in [0.1, 0.15) is 79.1 Å². The van der Waals surface area contributed by atoms with E-state index in [4.69, 9.17) is 4.74 Å². The fraction of sp³-hybridized carbons (Fsp3) is 0.913. The van der Waals surface area contributed by atoms with Gasteiger partial charge in [-0.3, -0.25) is 4.90 Å². The Morgan fingerprint density at radius 3 is 2.30 bits per heavy atom. The zero-order valence-corrected chi connectivity index (χ0v) is 19.3. The molecule has 170 valence electrons. The van der Waals surface area contributed by atoms with Gasteiger partial charge in [0.25, 0.3) is 0 Å². The summed E-state index contributed by atoms with van der Waals surface area (Å²) >= 11 is 0. The molecule has 4 fully saturated rings. The molecule has 0 unspecified atom stereocenters. The normalized spacial score (nSPS) is 30.7. The molecule has 0 aromatic heterocycles. The van der Waals surface area contributed by atoms with Crippen molar-refractivity contribution in [3.8, 4) is 0 Å². The largest absolute Gasteiger partial charge is 0.444 e. The third-order valence-corrected chi connectivity index (χ3v) is 7.74. The van der Waals surface area contributed by atoms with Crippen LogP contribution in [-0.2, 0) is 4.74 Å². The van der Waals surface area contributed by atoms with Crippen LogP contribution in [0.15, 0.2) is 0 Å². The maximum atomic E-state index is 12.6. The smallest absolute Gasteiger partial charge is 0.410 e. The SMILES string of the molecule is CC(C)(C)OC(=O)N1CCC(C)(N2CCC(N3C(=O)N[C@@H]4CCCC[C@@H]43)CC2)CC1. The average molecular weight is 421 g/mol. The molecule has 7 nitrogen and oxygen atoms in total. The van der Waals surface area contributed by atoms with Crippen molar-refractivity contribution in [2.24, 2.45) is 0 Å². The van der Waals surface area contributed by atoms with Crippen molar-refractivity contribution in [2.75, 3.05) is 26.2 Å². The van der Waals surface area contributed by atoms with Gasteiger partial charge in [-0.15, -0.1) is 0 Å². The second kappa shape index (κ2) is 8.21. The predicted octanol–water partition coefficient (Wildman–Crippen LogP) is 3.58. The monoisotopic (exact) mass is 420 g/mol. The number of rotatable bonds is 2. The van der Waals surface area contributed by atoms with E-state index >= 15 is 0 Å². The molecule has 0 bridgehead atoms. The van der Waals surface area contributed by atoms with Crippen LogP contribution in [0.4, 0.5) is 9.59 Å². The van der Waals surface area contributed by atoms with Crippen LogP contribution in [0, 0.1) is 0 Å². The molecule has 0 spiro atoms. The molecule has 2 atom stereocenters. The Labute approximate surface area is 181 Å². The minimum Gasteiger partial charge on any atom is -0.444 e. The second-order valence-electron chi connectivity index (χ2n) is 11.0. The number of fused-ring (bicyclic) bond motifs is 1. The molecule has 0 aromatic rings. The summed E-state index contributed by atoms with van der Waals surface area (Å²) in [6.07, 6.45) is 8.66. The number of amides is 3. The molecular formula is C23H40N4O3. The Bertz CT molecular complexity index is 645. The summed E-state index contributed by atoms with van der Waals surface area (Å²) in [4.78, 5) is 31.7. The van der Waals surface area contributed by atoms with Crippen molar-refractivity contribution >= 4 is 12.1 Å². The number of hydrogen-bond donors (Lipinski definition) is 1. The van der Waals surface area contributed by atoms with Gasteiger partial charge in [-0.05, 0) is 66.2 Å². The van der Waals surface area contributed by atoms with Crippen LogP contribution >= 0.6 is 0 Å². The molecule has 30 heavy (non-hydrogen) atoms. The Balaban J connectivity index is 1.29. The van der Waals surface area contributed by atoms with Gasteiger partial charge in [0.2, 0.25) is 0 Å². The third kappa shape index (κ3) is 4.41. The summed E-state index contributed by atoms with van der Waals surface area (Å²) in [5.74, 6) is 0. The standard InChI is InChI=1S/C23H40N4O3/c1-22(2,3)30-21(29)25-15-11-23(4,12-16-25)26-13-9-17(10-14-26)27-19-8-6-5-7-18(19)24-20(27)28/h17-19H,5-16H2,1-4H3,(H,24,28)/t18-,19+/m1/s1. The van der Waals surface area contributed by atoms with Gasteiger partial charge in [0.05, 0.1) is 12.1 Å². The number of likely N-dealkylation sites (tertiary alicyclic amines) is 2. The van der Waals surface area contributed by atoms with E-state index in [0.717, 1.165) is 64.7 Å². The zero-order valence-electron chi connectivity index (χ0n) is 19.3. The van der Waals surface area contributed by atoms with Crippen molar-refractivity contribution < 1.29 is 14.3 Å². The average Bonchev–Trinajstić information content (AvgIpc) is 3.03. The lowest BCUT2D eigenvalue weighted by molar-refractivity contribution is -0.0141. The number of piperidine rings is 2. The van der Waals surface area contributed by atoms with E-state index in [1.54, 1.807) is 0 Å². The van der Waals surface area contributed by atoms with Gasteiger partial charge in [0.1, 0.15) is 5.60 Å². The number of carbonyl (C=O) groups is 2. The molecule has 4 aliphatic rings. The maximum Gasteiger partial charge on any atom is 0.410 e. The molecule has 3 amide bonds. The highest BCUT2D eigenvalue weighted by Crippen LogP contribution is 2.36. The van der Waals surface area contributed by atoms with Crippen molar-refractivity contribution in [3.05, 3.63) is 0 Å². The van der Waals surface area contributed by atoms with Crippen LogP contribution in [0.2, 0.25) is 0 Å². The molecule has 1 aliphatic carbocycles. The van der Waals surface area contributed by atoms with Gasteiger partial charge in [0, 0.05) is 37.8 Å². The summed E-state index contributed by atoms with van der Waals surface area (Å²) in [6.45, 7) is 11.7. The third-order valence-electron chi connectivity index (χ3n) is 7.74. The lowest BCUT2D eigenvalue weighted by Gasteiger charge is -2.50. The van der Waals surface area contributed by atoms with Crippen LogP contribution < -0.4 is 5.32 Å². The number of hydrogen-bond acceptors (Lipinski definition) is 4. The molecule has 3 saturated heterocycles. The first-order chi connectivity index (χ1) is 14.2. The number of carbonyl (C=O) groups excluding carboxylic acids is 2. The number of nitrogens with zero attached hydrogens (tertiary/aromatic N) is 3. The summed E-state index contributed by atoms with van der Waals surface area (Å²) in [5, 5.41) is 3.24. The van der Waals surface area contributed by atoms with Gasteiger partial charge in [-0.2, -0.15) is 0 Å². The highest BCUT2D eigenvalue weighted by atomic mass is 16.6. The first-order valence-corrected chi connectivity index (χ1v) is 12.0. The van der Waals surface area contributed by atoms with E-state index in [1.165, 1.54) is 12.8 Å². The number of urea groups is 1. The maximum absolute atomic E-state index is 12.6. The first-order valence-electron chi connectivity index (χ1n) is 12.0. The summed E-state index contributed by atoms with van der Waals surface area (Å²) in [7, 11) is 0. The Morgan fingerprint density at radius 1 is 1.03 bits per heavy atom. The fourth-order valence-electron chi connectivity index (χ4n) is 5.93. The highest BCUT2D eigenvalue weighted by molar-refractivity contribution is 5.78. The lowest BCUT2D eigenvalue weighted by atomic mass is 9.85. The van der Waals surface area contributed by atoms with Gasteiger partial charge < -0.3 is 19.9 Å². The van der Waals surface area contributed by atoms with Crippen LogP contribution in [0.5, 0.6) is 0 Å². The first kappa shape index (κ1) is 21.7. The molecular weight excluding hydrogens is 380 g/mol. The van der Waals surface area contributed by atoms with Crippen molar-refractivity contribution in [2.45, 2.75) is 108 Å². The topological polar surface area (TPSA) is 65.1 Å². The molecule has 3 aliphatic heterocycles. The Kier molecular flexibility index (Phi) is 5.94. The molecule has 3 heterocycles. The van der Waals surface area contributed by atoms with Gasteiger partial charge in [-0.1, -0.05) is 12.8 Å². The fourth-order valence-corrected chi connectivity index (χ4v) is 5.93. The van der Waals surface area contributed by atoms with E-state index in [1.807, 2.05) is 25.7 Å². The van der Waals surface area contributed by atoms with Crippen molar-refractivity contribution in [1.29, 1.82) is 0 Å². The number of ether oxygens (including phenoxy) is 1. The molecule has 4 rings (SSSR count).